The number of piperazine rings is 1. The fourth-order valence-electron chi connectivity index (χ4n) is 3.72. The van der Waals surface area contributed by atoms with Crippen LogP contribution in [-0.2, 0) is 10.0 Å². The SMILES string of the molecule is Cc1ccc(-n2nnc3c(N4CCN(S(=O)(=O)c5ccc(Br)cc5)CC4)ncnc32)cc1. The summed E-state index contributed by atoms with van der Waals surface area (Å²) in [6.45, 7) is 3.74. The third-order valence-electron chi connectivity index (χ3n) is 5.49. The Labute approximate surface area is 193 Å². The fraction of sp³-hybridized carbons (Fsp3) is 0.238. The lowest BCUT2D eigenvalue weighted by Gasteiger charge is -2.34. The van der Waals surface area contributed by atoms with Crippen LogP contribution < -0.4 is 4.90 Å². The lowest BCUT2D eigenvalue weighted by Crippen LogP contribution is -2.49. The van der Waals surface area contributed by atoms with E-state index in [1.165, 1.54) is 10.6 Å². The zero-order valence-corrected chi connectivity index (χ0v) is 19.7. The Morgan fingerprint density at radius 1 is 0.906 bits per heavy atom. The number of anilines is 1. The molecule has 2 aromatic carbocycles. The summed E-state index contributed by atoms with van der Waals surface area (Å²) >= 11 is 3.34. The highest BCUT2D eigenvalue weighted by Crippen LogP contribution is 2.25. The van der Waals surface area contributed by atoms with E-state index in [1.54, 1.807) is 28.9 Å². The van der Waals surface area contributed by atoms with Gasteiger partial charge < -0.3 is 4.90 Å². The largest absolute Gasteiger partial charge is 0.352 e. The summed E-state index contributed by atoms with van der Waals surface area (Å²) < 4.78 is 30.0. The van der Waals surface area contributed by atoms with Crippen molar-refractivity contribution >= 4 is 42.9 Å². The molecule has 0 amide bonds. The molecule has 2 aromatic heterocycles. The molecule has 0 unspecified atom stereocenters. The van der Waals surface area contributed by atoms with Crippen molar-refractivity contribution in [3.63, 3.8) is 0 Å². The van der Waals surface area contributed by atoms with Crippen molar-refractivity contribution in [2.24, 2.45) is 0 Å². The van der Waals surface area contributed by atoms with Gasteiger partial charge >= 0.3 is 0 Å². The zero-order valence-electron chi connectivity index (χ0n) is 17.3. The van der Waals surface area contributed by atoms with Crippen LogP contribution in [0.2, 0.25) is 0 Å². The molecule has 32 heavy (non-hydrogen) atoms. The summed E-state index contributed by atoms with van der Waals surface area (Å²) in [4.78, 5) is 11.1. The smallest absolute Gasteiger partial charge is 0.243 e. The van der Waals surface area contributed by atoms with Crippen LogP contribution in [0.3, 0.4) is 0 Å². The van der Waals surface area contributed by atoms with Crippen molar-refractivity contribution in [3.8, 4) is 5.69 Å². The minimum Gasteiger partial charge on any atom is -0.352 e. The number of sulfonamides is 1. The molecule has 1 aliphatic rings. The number of aromatic nitrogens is 5. The lowest BCUT2D eigenvalue weighted by molar-refractivity contribution is 0.384. The van der Waals surface area contributed by atoms with Gasteiger partial charge in [0, 0.05) is 30.7 Å². The standard InChI is InChI=1S/C21H20BrN7O2S/c1-15-2-6-17(7-3-15)29-21-19(25-26-29)20(23-14-24-21)27-10-12-28(13-11-27)32(30,31)18-8-4-16(22)5-9-18/h2-9,14H,10-13H2,1H3. The molecule has 164 valence electrons. The van der Waals surface area contributed by atoms with Gasteiger partial charge in [-0.05, 0) is 43.3 Å². The normalized spacial score (nSPS) is 15.4. The van der Waals surface area contributed by atoms with E-state index in [-0.39, 0.29) is 0 Å². The van der Waals surface area contributed by atoms with Crippen LogP contribution >= 0.6 is 15.9 Å². The molecule has 0 radical (unpaired) electrons. The van der Waals surface area contributed by atoms with Crippen molar-refractivity contribution in [2.75, 3.05) is 31.1 Å². The first-order valence-corrected chi connectivity index (χ1v) is 12.3. The average Bonchev–Trinajstić information content (AvgIpc) is 3.24. The van der Waals surface area contributed by atoms with Crippen LogP contribution in [0, 0.1) is 6.92 Å². The number of rotatable bonds is 4. The number of halogens is 1. The van der Waals surface area contributed by atoms with Gasteiger partial charge in [0.2, 0.25) is 10.0 Å². The average molecular weight is 514 g/mol. The minimum atomic E-state index is -3.54. The molecule has 11 heteroatoms. The predicted molar refractivity (Wildman–Crippen MR) is 124 cm³/mol. The minimum absolute atomic E-state index is 0.291. The number of hydrogen-bond donors (Lipinski definition) is 0. The number of nitrogens with zero attached hydrogens (tertiary/aromatic N) is 7. The van der Waals surface area contributed by atoms with Crippen molar-refractivity contribution < 1.29 is 8.42 Å². The Morgan fingerprint density at radius 3 is 2.28 bits per heavy atom. The third kappa shape index (κ3) is 3.76. The zero-order chi connectivity index (χ0) is 22.3. The van der Waals surface area contributed by atoms with Gasteiger partial charge in [0.1, 0.15) is 6.33 Å². The van der Waals surface area contributed by atoms with E-state index in [1.807, 2.05) is 36.1 Å². The van der Waals surface area contributed by atoms with Crippen LogP contribution in [0.4, 0.5) is 5.82 Å². The Morgan fingerprint density at radius 2 is 1.59 bits per heavy atom. The van der Waals surface area contributed by atoms with Gasteiger partial charge in [-0.2, -0.15) is 8.99 Å². The molecule has 1 aliphatic heterocycles. The van der Waals surface area contributed by atoms with E-state index in [4.69, 9.17) is 0 Å². The molecule has 3 heterocycles. The van der Waals surface area contributed by atoms with Gasteiger partial charge in [-0.15, -0.1) is 5.10 Å². The molecular weight excluding hydrogens is 494 g/mol. The second-order valence-corrected chi connectivity index (χ2v) is 10.4. The van der Waals surface area contributed by atoms with E-state index in [0.717, 1.165) is 15.7 Å². The van der Waals surface area contributed by atoms with E-state index in [2.05, 4.69) is 36.2 Å². The molecule has 0 saturated carbocycles. The molecule has 9 nitrogen and oxygen atoms in total. The summed E-state index contributed by atoms with van der Waals surface area (Å²) in [5, 5.41) is 8.61. The second kappa shape index (κ2) is 8.23. The first kappa shape index (κ1) is 21.0. The van der Waals surface area contributed by atoms with E-state index in [0.29, 0.717) is 48.1 Å². The maximum atomic E-state index is 13.0. The highest BCUT2D eigenvalue weighted by atomic mass is 79.9. The molecule has 0 atom stereocenters. The predicted octanol–water partition coefficient (Wildman–Crippen LogP) is 2.79. The molecule has 1 fully saturated rings. The second-order valence-electron chi connectivity index (χ2n) is 7.55. The molecule has 1 saturated heterocycles. The number of fused-ring (bicyclic) bond motifs is 1. The van der Waals surface area contributed by atoms with Crippen molar-refractivity contribution in [1.82, 2.24) is 29.3 Å². The van der Waals surface area contributed by atoms with Gasteiger partial charge in [0.25, 0.3) is 0 Å². The summed E-state index contributed by atoms with van der Waals surface area (Å²) in [7, 11) is -3.54. The molecule has 0 bridgehead atoms. The Balaban J connectivity index is 1.38. The monoisotopic (exact) mass is 513 g/mol. The van der Waals surface area contributed by atoms with Crippen molar-refractivity contribution in [3.05, 3.63) is 64.9 Å². The lowest BCUT2D eigenvalue weighted by atomic mass is 10.2. The number of aryl methyl sites for hydroxylation is 1. The summed E-state index contributed by atoms with van der Waals surface area (Å²) in [6, 6.07) is 14.7. The Hall–Kier alpha value is -2.89. The van der Waals surface area contributed by atoms with Crippen LogP contribution in [0.1, 0.15) is 5.56 Å². The third-order valence-corrected chi connectivity index (χ3v) is 7.93. The molecule has 0 aliphatic carbocycles. The molecule has 5 rings (SSSR count). The van der Waals surface area contributed by atoms with E-state index in [9.17, 15) is 8.42 Å². The van der Waals surface area contributed by atoms with Gasteiger partial charge in [-0.3, -0.25) is 0 Å². The van der Waals surface area contributed by atoms with Crippen molar-refractivity contribution in [2.45, 2.75) is 11.8 Å². The van der Waals surface area contributed by atoms with Gasteiger partial charge in [0.05, 0.1) is 10.6 Å². The van der Waals surface area contributed by atoms with Crippen LogP contribution in [0.15, 0.2) is 64.2 Å². The van der Waals surface area contributed by atoms with Gasteiger partial charge in [0.15, 0.2) is 17.0 Å². The van der Waals surface area contributed by atoms with Gasteiger partial charge in [-0.25, -0.2) is 18.4 Å². The molecular formula is C21H20BrN7O2S. The molecule has 0 spiro atoms. The quantitative estimate of drug-likeness (QED) is 0.413. The van der Waals surface area contributed by atoms with Crippen LogP contribution in [0.25, 0.3) is 16.9 Å². The Bertz CT molecular complexity index is 1360. The fourth-order valence-corrected chi connectivity index (χ4v) is 5.41. The maximum Gasteiger partial charge on any atom is 0.243 e. The van der Waals surface area contributed by atoms with Crippen LogP contribution in [0.5, 0.6) is 0 Å². The number of hydrogen-bond acceptors (Lipinski definition) is 7. The summed E-state index contributed by atoms with van der Waals surface area (Å²) in [5.74, 6) is 0.661. The van der Waals surface area contributed by atoms with Crippen LogP contribution in [-0.4, -0.2) is 63.9 Å². The summed E-state index contributed by atoms with van der Waals surface area (Å²) in [6.07, 6.45) is 1.50. The Kier molecular flexibility index (Phi) is 5.39. The first-order chi connectivity index (χ1) is 15.4. The van der Waals surface area contributed by atoms with Gasteiger partial charge in [-0.1, -0.05) is 38.8 Å². The van der Waals surface area contributed by atoms with E-state index >= 15 is 0 Å². The maximum absolute atomic E-state index is 13.0. The highest BCUT2D eigenvalue weighted by molar-refractivity contribution is 9.10. The van der Waals surface area contributed by atoms with E-state index < -0.39 is 10.0 Å². The first-order valence-electron chi connectivity index (χ1n) is 10.1. The molecule has 4 aromatic rings. The summed E-state index contributed by atoms with van der Waals surface area (Å²) in [5.41, 5.74) is 3.23. The topological polar surface area (TPSA) is 97.1 Å². The van der Waals surface area contributed by atoms with Crippen molar-refractivity contribution in [1.29, 1.82) is 0 Å². The number of benzene rings is 2. The molecule has 0 N–H and O–H groups in total. The highest BCUT2D eigenvalue weighted by Gasteiger charge is 2.30.